The molecule has 1 fully saturated rings. The van der Waals surface area contributed by atoms with E-state index in [1.165, 1.54) is 15.3 Å². The fourth-order valence-corrected chi connectivity index (χ4v) is 5.15. The molecule has 1 aliphatic heterocycles. The van der Waals surface area contributed by atoms with Gasteiger partial charge in [-0.15, -0.1) is 0 Å². The molecule has 1 aromatic carbocycles. The number of quaternary nitrogens is 1. The Morgan fingerprint density at radius 1 is 1.27 bits per heavy atom. The van der Waals surface area contributed by atoms with Crippen LogP contribution in [-0.2, 0) is 10.0 Å². The number of nitrogens with zero attached hydrogens (tertiary/aromatic N) is 1. The van der Waals surface area contributed by atoms with E-state index in [-0.39, 0.29) is 10.8 Å². The number of nitrogens with one attached hydrogen (secondary N) is 2. The molecule has 0 aromatic heterocycles. The molecule has 1 amide bonds. The molecule has 0 bridgehead atoms. The smallest absolute Gasteiger partial charge is 0.251 e. The van der Waals surface area contributed by atoms with Gasteiger partial charge in [-0.25, -0.2) is 8.42 Å². The van der Waals surface area contributed by atoms with Gasteiger partial charge in [-0.1, -0.05) is 22.9 Å². The maximum atomic E-state index is 12.9. The second-order valence-corrected chi connectivity index (χ2v) is 10.2. The van der Waals surface area contributed by atoms with Crippen LogP contribution in [0.15, 0.2) is 27.6 Å². The number of amides is 1. The summed E-state index contributed by atoms with van der Waals surface area (Å²) >= 11 is 3.34. The van der Waals surface area contributed by atoms with Crippen LogP contribution in [0.1, 0.15) is 36.5 Å². The highest BCUT2D eigenvalue weighted by Crippen LogP contribution is 2.26. The molecule has 146 valence electrons. The van der Waals surface area contributed by atoms with E-state index in [0.29, 0.717) is 35.6 Å². The van der Waals surface area contributed by atoms with Crippen LogP contribution >= 0.6 is 15.9 Å². The minimum absolute atomic E-state index is 0.171. The van der Waals surface area contributed by atoms with E-state index in [9.17, 15) is 13.2 Å². The lowest BCUT2D eigenvalue weighted by Crippen LogP contribution is -3.05. The Morgan fingerprint density at radius 2 is 1.92 bits per heavy atom. The maximum absolute atomic E-state index is 12.9. The Morgan fingerprint density at radius 3 is 2.54 bits per heavy atom. The number of rotatable bonds is 7. The third kappa shape index (κ3) is 5.77. The van der Waals surface area contributed by atoms with E-state index in [4.69, 9.17) is 0 Å². The lowest BCUT2D eigenvalue weighted by atomic mass is 10.0. The zero-order valence-electron chi connectivity index (χ0n) is 15.7. The lowest BCUT2D eigenvalue weighted by molar-refractivity contribution is -0.858. The Labute approximate surface area is 165 Å². The molecule has 0 unspecified atom stereocenters. The van der Waals surface area contributed by atoms with Gasteiger partial charge in [0, 0.05) is 36.1 Å². The van der Waals surface area contributed by atoms with Crippen molar-refractivity contribution < 1.29 is 18.1 Å². The van der Waals surface area contributed by atoms with Crippen molar-refractivity contribution in [2.45, 2.75) is 31.1 Å². The summed E-state index contributed by atoms with van der Waals surface area (Å²) in [7, 11) is 0.548. The quantitative estimate of drug-likeness (QED) is 0.616. The predicted molar refractivity (Wildman–Crippen MR) is 106 cm³/mol. The monoisotopic (exact) mass is 446 g/mol. The summed E-state index contributed by atoms with van der Waals surface area (Å²) in [6.07, 6.45) is 2.61. The Balaban J connectivity index is 2.12. The van der Waals surface area contributed by atoms with Gasteiger partial charge in [-0.3, -0.25) is 4.79 Å². The number of piperidine rings is 1. The van der Waals surface area contributed by atoms with Crippen molar-refractivity contribution in [1.82, 2.24) is 9.62 Å². The molecule has 26 heavy (non-hydrogen) atoms. The van der Waals surface area contributed by atoms with Gasteiger partial charge < -0.3 is 10.2 Å². The molecule has 0 saturated carbocycles. The molecule has 8 heteroatoms. The van der Waals surface area contributed by atoms with Gasteiger partial charge in [-0.05, 0) is 37.0 Å². The van der Waals surface area contributed by atoms with Crippen LogP contribution in [0.4, 0.5) is 0 Å². The molecule has 0 radical (unpaired) electrons. The Hall–Kier alpha value is -0.960. The van der Waals surface area contributed by atoms with Gasteiger partial charge in [0.1, 0.15) is 0 Å². The molecule has 1 aromatic rings. The highest BCUT2D eigenvalue weighted by atomic mass is 79.9. The number of sulfonamides is 1. The molecule has 1 heterocycles. The first-order valence-corrected chi connectivity index (χ1v) is 11.3. The topological polar surface area (TPSA) is 70.9 Å². The van der Waals surface area contributed by atoms with Gasteiger partial charge in [0.2, 0.25) is 10.0 Å². The Kier molecular flexibility index (Phi) is 7.63. The maximum Gasteiger partial charge on any atom is 0.251 e. The van der Waals surface area contributed by atoms with Crippen LogP contribution in [0.2, 0.25) is 0 Å². The van der Waals surface area contributed by atoms with Crippen LogP contribution in [0.5, 0.6) is 0 Å². The SMILES string of the molecule is CC1CCN(S(=O)(=O)c2cc(Br)cc(C(=O)NCCC[NH+](C)C)c2)CC1. The van der Waals surface area contributed by atoms with E-state index >= 15 is 0 Å². The van der Waals surface area contributed by atoms with Crippen molar-refractivity contribution in [1.29, 1.82) is 0 Å². The van der Waals surface area contributed by atoms with Crippen LogP contribution in [0.25, 0.3) is 0 Å². The molecule has 6 nitrogen and oxygen atoms in total. The van der Waals surface area contributed by atoms with E-state index in [0.717, 1.165) is 25.8 Å². The third-order valence-electron chi connectivity index (χ3n) is 4.65. The summed E-state index contributed by atoms with van der Waals surface area (Å²) in [5, 5.41) is 2.86. The summed E-state index contributed by atoms with van der Waals surface area (Å²) < 4.78 is 28.0. The highest BCUT2D eigenvalue weighted by Gasteiger charge is 2.29. The first kappa shape index (κ1) is 21.3. The van der Waals surface area contributed by atoms with Crippen molar-refractivity contribution in [2.75, 3.05) is 40.3 Å². The zero-order chi connectivity index (χ0) is 19.3. The molecule has 2 N–H and O–H groups in total. The molecule has 0 aliphatic carbocycles. The summed E-state index contributed by atoms with van der Waals surface area (Å²) in [6, 6.07) is 4.70. The summed E-state index contributed by atoms with van der Waals surface area (Å²) in [5.74, 6) is 0.304. The van der Waals surface area contributed by atoms with Crippen molar-refractivity contribution in [2.24, 2.45) is 5.92 Å². The van der Waals surface area contributed by atoms with Gasteiger partial charge in [0.25, 0.3) is 5.91 Å². The van der Waals surface area contributed by atoms with Crippen LogP contribution in [0, 0.1) is 5.92 Å². The number of hydrogen-bond donors (Lipinski definition) is 2. The van der Waals surface area contributed by atoms with Crippen molar-refractivity contribution in [3.05, 3.63) is 28.2 Å². The van der Waals surface area contributed by atoms with E-state index in [1.54, 1.807) is 12.1 Å². The summed E-state index contributed by atoms with van der Waals surface area (Å²) in [4.78, 5) is 13.9. The summed E-state index contributed by atoms with van der Waals surface area (Å²) in [6.45, 7) is 4.74. The third-order valence-corrected chi connectivity index (χ3v) is 6.99. The Bertz CT molecular complexity index is 729. The van der Waals surface area contributed by atoms with Crippen LogP contribution in [0.3, 0.4) is 0 Å². The molecular formula is C18H29BrN3O3S+. The van der Waals surface area contributed by atoms with Gasteiger partial charge >= 0.3 is 0 Å². The predicted octanol–water partition coefficient (Wildman–Crippen LogP) is 1.13. The molecular weight excluding hydrogens is 418 g/mol. The summed E-state index contributed by atoms with van der Waals surface area (Å²) in [5.41, 5.74) is 0.362. The second kappa shape index (κ2) is 9.30. The number of halogens is 1. The average Bonchev–Trinajstić information content (AvgIpc) is 2.58. The van der Waals surface area contributed by atoms with Gasteiger partial charge in [-0.2, -0.15) is 4.31 Å². The minimum atomic E-state index is -3.58. The number of carbonyl (C=O) groups excluding carboxylic acids is 1. The van der Waals surface area contributed by atoms with Crippen molar-refractivity contribution in [3.8, 4) is 0 Å². The number of benzene rings is 1. The molecule has 1 aliphatic rings. The van der Waals surface area contributed by atoms with Crippen molar-refractivity contribution in [3.63, 3.8) is 0 Å². The molecule has 1 saturated heterocycles. The minimum Gasteiger partial charge on any atom is -0.352 e. The normalized spacial score (nSPS) is 16.8. The number of hydrogen-bond acceptors (Lipinski definition) is 3. The van der Waals surface area contributed by atoms with Crippen LogP contribution in [-0.4, -0.2) is 58.9 Å². The van der Waals surface area contributed by atoms with Crippen LogP contribution < -0.4 is 10.2 Å². The van der Waals surface area contributed by atoms with E-state index in [1.807, 2.05) is 0 Å². The highest BCUT2D eigenvalue weighted by molar-refractivity contribution is 9.10. The second-order valence-electron chi connectivity index (χ2n) is 7.33. The van der Waals surface area contributed by atoms with Gasteiger partial charge in [0.05, 0.1) is 25.5 Å². The first-order chi connectivity index (χ1) is 12.2. The fraction of sp³-hybridized carbons (Fsp3) is 0.611. The van der Waals surface area contributed by atoms with E-state index < -0.39 is 10.0 Å². The molecule has 0 spiro atoms. The standard InChI is InChI=1S/C18H28BrN3O3S/c1-14-5-9-22(10-6-14)26(24,25)17-12-15(11-16(19)13-17)18(23)20-7-4-8-21(2)3/h11-14H,4-10H2,1-3H3,(H,20,23)/p+1. The van der Waals surface area contributed by atoms with E-state index in [2.05, 4.69) is 42.3 Å². The molecule has 2 rings (SSSR count). The lowest BCUT2D eigenvalue weighted by Gasteiger charge is -2.29. The van der Waals surface area contributed by atoms with Crippen molar-refractivity contribution >= 4 is 31.9 Å². The average molecular weight is 447 g/mol. The number of carbonyl (C=O) groups is 1. The van der Waals surface area contributed by atoms with Gasteiger partial charge in [0.15, 0.2) is 0 Å². The zero-order valence-corrected chi connectivity index (χ0v) is 18.1. The largest absolute Gasteiger partial charge is 0.352 e. The fourth-order valence-electron chi connectivity index (χ4n) is 2.96. The first-order valence-electron chi connectivity index (χ1n) is 9.08. The molecule has 0 atom stereocenters.